The van der Waals surface area contributed by atoms with Gasteiger partial charge in [-0.3, -0.25) is 4.98 Å². The number of likely N-dealkylation sites (N-methyl/N-ethyl adjacent to an activating group) is 1. The van der Waals surface area contributed by atoms with E-state index < -0.39 is 0 Å². The van der Waals surface area contributed by atoms with Gasteiger partial charge < -0.3 is 9.64 Å². The second-order valence-electron chi connectivity index (χ2n) is 4.58. The average Bonchev–Trinajstić information content (AvgIpc) is 2.51. The minimum absolute atomic E-state index is 0. The van der Waals surface area contributed by atoms with Crippen LogP contribution in [0.4, 0.5) is 0 Å². The van der Waals surface area contributed by atoms with Gasteiger partial charge in [0.25, 0.3) is 0 Å². The van der Waals surface area contributed by atoms with Crippen LogP contribution in [0.25, 0.3) is 10.9 Å². The molecule has 0 unspecified atom stereocenters. The summed E-state index contributed by atoms with van der Waals surface area (Å²) in [4.78, 5) is 18.4. The third-order valence-electron chi connectivity index (χ3n) is 3.36. The maximum atomic E-state index is 12.0. The molecular formula is C16H21ClN2O2. The smallest absolute Gasteiger partial charge is 0.339 e. The number of nitrogens with zero attached hydrogens (tertiary/aromatic N) is 2. The molecule has 21 heavy (non-hydrogen) atoms. The second kappa shape index (κ2) is 8.60. The number of rotatable bonds is 6. The van der Waals surface area contributed by atoms with E-state index in [1.54, 1.807) is 6.20 Å². The molecule has 0 atom stereocenters. The quantitative estimate of drug-likeness (QED) is 0.769. The maximum absolute atomic E-state index is 12.0. The lowest BCUT2D eigenvalue weighted by Crippen LogP contribution is -2.27. The summed E-state index contributed by atoms with van der Waals surface area (Å²) in [5.41, 5.74) is 1.38. The predicted octanol–water partition coefficient (Wildman–Crippen LogP) is 3.16. The first-order valence-corrected chi connectivity index (χ1v) is 6.99. The number of para-hydroxylation sites is 1. The van der Waals surface area contributed by atoms with Crippen LogP contribution in [-0.4, -0.2) is 42.1 Å². The molecule has 0 radical (unpaired) electrons. The Morgan fingerprint density at radius 2 is 1.95 bits per heavy atom. The molecule has 0 aliphatic rings. The van der Waals surface area contributed by atoms with Gasteiger partial charge in [-0.25, -0.2) is 4.79 Å². The van der Waals surface area contributed by atoms with E-state index in [1.807, 2.05) is 30.3 Å². The normalized spacial score (nSPS) is 10.4. The van der Waals surface area contributed by atoms with Crippen LogP contribution in [0.15, 0.2) is 36.5 Å². The SMILES string of the molecule is CCN(CC)CCOC(=O)c1cnc2ccccc2c1.Cl. The number of benzene rings is 1. The minimum atomic E-state index is -0.310. The van der Waals surface area contributed by atoms with E-state index in [-0.39, 0.29) is 18.4 Å². The molecular weight excluding hydrogens is 288 g/mol. The Balaban J connectivity index is 0.00000220. The maximum Gasteiger partial charge on any atom is 0.339 e. The molecule has 1 heterocycles. The Bertz CT molecular complexity index is 585. The first-order valence-electron chi connectivity index (χ1n) is 6.99. The molecule has 0 bridgehead atoms. The Morgan fingerprint density at radius 3 is 2.67 bits per heavy atom. The van der Waals surface area contributed by atoms with E-state index in [1.165, 1.54) is 0 Å². The Hall–Kier alpha value is -1.65. The summed E-state index contributed by atoms with van der Waals surface area (Å²) in [5, 5.41) is 0.950. The first kappa shape index (κ1) is 17.4. The molecule has 1 aromatic heterocycles. The van der Waals surface area contributed by atoms with E-state index in [4.69, 9.17) is 4.74 Å². The molecule has 2 rings (SSSR count). The van der Waals surface area contributed by atoms with Crippen LogP contribution < -0.4 is 0 Å². The minimum Gasteiger partial charge on any atom is -0.461 e. The molecule has 0 spiro atoms. The van der Waals surface area contributed by atoms with Crippen molar-refractivity contribution in [1.29, 1.82) is 0 Å². The number of ether oxygens (including phenoxy) is 1. The highest BCUT2D eigenvalue weighted by Crippen LogP contribution is 2.13. The highest BCUT2D eigenvalue weighted by Gasteiger charge is 2.09. The molecule has 0 saturated heterocycles. The zero-order valence-electron chi connectivity index (χ0n) is 12.4. The van der Waals surface area contributed by atoms with Crippen molar-refractivity contribution in [2.75, 3.05) is 26.2 Å². The third kappa shape index (κ3) is 4.69. The van der Waals surface area contributed by atoms with Crippen LogP contribution >= 0.6 is 12.4 Å². The van der Waals surface area contributed by atoms with Crippen LogP contribution in [-0.2, 0) is 4.74 Å². The molecule has 0 aliphatic carbocycles. The summed E-state index contributed by atoms with van der Waals surface area (Å²) >= 11 is 0. The number of carbonyl (C=O) groups is 1. The standard InChI is InChI=1S/C16H20N2O2.ClH/c1-3-18(4-2)9-10-20-16(19)14-11-13-7-5-6-8-15(13)17-12-14;/h5-8,11-12H,3-4,9-10H2,1-2H3;1H. The zero-order chi connectivity index (χ0) is 14.4. The Labute approximate surface area is 131 Å². The number of aromatic nitrogens is 1. The van der Waals surface area contributed by atoms with E-state index in [2.05, 4.69) is 23.7 Å². The van der Waals surface area contributed by atoms with Crippen molar-refractivity contribution in [3.63, 3.8) is 0 Å². The number of hydrogen-bond acceptors (Lipinski definition) is 4. The summed E-state index contributed by atoms with van der Waals surface area (Å²) in [6, 6.07) is 9.54. The van der Waals surface area contributed by atoms with Gasteiger partial charge in [-0.2, -0.15) is 0 Å². The molecule has 1 aromatic carbocycles. The molecule has 0 amide bonds. The Kier molecular flexibility index (Phi) is 7.12. The van der Waals surface area contributed by atoms with E-state index in [0.717, 1.165) is 30.5 Å². The highest BCUT2D eigenvalue weighted by atomic mass is 35.5. The first-order chi connectivity index (χ1) is 9.74. The monoisotopic (exact) mass is 308 g/mol. The molecule has 114 valence electrons. The summed E-state index contributed by atoms with van der Waals surface area (Å²) in [6.45, 7) is 7.29. The fraction of sp³-hybridized carbons (Fsp3) is 0.375. The number of fused-ring (bicyclic) bond motifs is 1. The second-order valence-corrected chi connectivity index (χ2v) is 4.58. The van der Waals surface area contributed by atoms with Crippen LogP contribution in [0.3, 0.4) is 0 Å². The molecule has 0 N–H and O–H groups in total. The van der Waals surface area contributed by atoms with Crippen molar-refractivity contribution in [3.8, 4) is 0 Å². The van der Waals surface area contributed by atoms with Crippen molar-refractivity contribution in [1.82, 2.24) is 9.88 Å². The lowest BCUT2D eigenvalue weighted by atomic mass is 10.1. The van der Waals surface area contributed by atoms with E-state index >= 15 is 0 Å². The lowest BCUT2D eigenvalue weighted by Gasteiger charge is -2.17. The average molecular weight is 309 g/mol. The van der Waals surface area contributed by atoms with Crippen LogP contribution in [0, 0.1) is 0 Å². The van der Waals surface area contributed by atoms with Gasteiger partial charge in [0.05, 0.1) is 11.1 Å². The van der Waals surface area contributed by atoms with Crippen LogP contribution in [0.5, 0.6) is 0 Å². The van der Waals surface area contributed by atoms with Gasteiger partial charge in [0.2, 0.25) is 0 Å². The van der Waals surface area contributed by atoms with Gasteiger partial charge in [-0.05, 0) is 25.2 Å². The van der Waals surface area contributed by atoms with Crippen LogP contribution in [0.1, 0.15) is 24.2 Å². The summed E-state index contributed by atoms with van der Waals surface area (Å²) in [5.74, 6) is -0.310. The van der Waals surface area contributed by atoms with Gasteiger partial charge in [0.15, 0.2) is 0 Å². The molecule has 0 aliphatic heterocycles. The van der Waals surface area contributed by atoms with Crippen molar-refractivity contribution < 1.29 is 9.53 Å². The fourth-order valence-electron chi connectivity index (χ4n) is 2.07. The van der Waals surface area contributed by atoms with Crippen molar-refractivity contribution >= 4 is 29.3 Å². The number of halogens is 1. The lowest BCUT2D eigenvalue weighted by molar-refractivity contribution is 0.0466. The number of esters is 1. The largest absolute Gasteiger partial charge is 0.461 e. The van der Waals surface area contributed by atoms with Gasteiger partial charge >= 0.3 is 5.97 Å². The van der Waals surface area contributed by atoms with E-state index in [0.29, 0.717) is 12.2 Å². The highest BCUT2D eigenvalue weighted by molar-refractivity contribution is 5.93. The topological polar surface area (TPSA) is 42.4 Å². The number of hydrogen-bond donors (Lipinski definition) is 0. The van der Waals surface area contributed by atoms with Gasteiger partial charge in [-0.15, -0.1) is 12.4 Å². The van der Waals surface area contributed by atoms with Crippen molar-refractivity contribution in [3.05, 3.63) is 42.1 Å². The summed E-state index contributed by atoms with van der Waals surface area (Å²) in [7, 11) is 0. The Morgan fingerprint density at radius 1 is 1.24 bits per heavy atom. The molecule has 0 fully saturated rings. The zero-order valence-corrected chi connectivity index (χ0v) is 13.2. The fourth-order valence-corrected chi connectivity index (χ4v) is 2.07. The predicted molar refractivity (Wildman–Crippen MR) is 87.1 cm³/mol. The summed E-state index contributed by atoms with van der Waals surface area (Å²) in [6.07, 6.45) is 1.57. The van der Waals surface area contributed by atoms with Crippen LogP contribution in [0.2, 0.25) is 0 Å². The molecule has 4 nitrogen and oxygen atoms in total. The molecule has 5 heteroatoms. The van der Waals surface area contributed by atoms with Gasteiger partial charge in [-0.1, -0.05) is 32.0 Å². The molecule has 2 aromatic rings. The van der Waals surface area contributed by atoms with E-state index in [9.17, 15) is 4.79 Å². The van der Waals surface area contributed by atoms with Gasteiger partial charge in [0.1, 0.15) is 6.61 Å². The number of pyridine rings is 1. The third-order valence-corrected chi connectivity index (χ3v) is 3.36. The molecule has 0 saturated carbocycles. The number of carbonyl (C=O) groups excluding carboxylic acids is 1. The van der Waals surface area contributed by atoms with Crippen molar-refractivity contribution in [2.24, 2.45) is 0 Å². The summed E-state index contributed by atoms with van der Waals surface area (Å²) < 4.78 is 5.29. The van der Waals surface area contributed by atoms with Gasteiger partial charge in [0, 0.05) is 18.1 Å². The van der Waals surface area contributed by atoms with Crippen molar-refractivity contribution in [2.45, 2.75) is 13.8 Å².